The van der Waals surface area contributed by atoms with Gasteiger partial charge in [-0.2, -0.15) is 0 Å². The van der Waals surface area contributed by atoms with Crippen LogP contribution < -0.4 is 0 Å². The third kappa shape index (κ3) is 3.47. The van der Waals surface area contributed by atoms with Gasteiger partial charge < -0.3 is 9.15 Å². The van der Waals surface area contributed by atoms with E-state index >= 15 is 0 Å². The second-order valence-electron chi connectivity index (χ2n) is 4.73. The maximum Gasteiger partial charge on any atom is 0.376 e. The van der Waals surface area contributed by atoms with Crippen LogP contribution in [-0.2, 0) is 4.74 Å². The standard InChI is InChI=1S/C15H15BrClNO3/c1-4-20-15(19)13-12(8(2)3)18-14(21-13)10-6-5-9(17)7-11(10)16/h5-8H,4H2,1-3H3. The number of rotatable bonds is 4. The molecule has 0 fully saturated rings. The van der Waals surface area contributed by atoms with Crippen LogP contribution in [0.25, 0.3) is 11.5 Å². The summed E-state index contributed by atoms with van der Waals surface area (Å²) in [6.07, 6.45) is 0. The number of nitrogens with zero attached hydrogens (tertiary/aromatic N) is 1. The predicted octanol–water partition coefficient (Wildman–Crippen LogP) is 5.06. The Morgan fingerprint density at radius 2 is 2.19 bits per heavy atom. The lowest BCUT2D eigenvalue weighted by Gasteiger charge is -2.02. The van der Waals surface area contributed by atoms with Crippen molar-refractivity contribution < 1.29 is 13.9 Å². The van der Waals surface area contributed by atoms with E-state index in [9.17, 15) is 4.79 Å². The maximum atomic E-state index is 12.0. The van der Waals surface area contributed by atoms with Crippen LogP contribution >= 0.6 is 27.5 Å². The van der Waals surface area contributed by atoms with E-state index in [1.54, 1.807) is 25.1 Å². The zero-order chi connectivity index (χ0) is 15.6. The summed E-state index contributed by atoms with van der Waals surface area (Å²) in [5, 5.41) is 0.604. The molecule has 0 unspecified atom stereocenters. The average Bonchev–Trinajstić information content (AvgIpc) is 2.84. The van der Waals surface area contributed by atoms with Crippen LogP contribution in [-0.4, -0.2) is 17.6 Å². The molecule has 1 aromatic heterocycles. The topological polar surface area (TPSA) is 52.3 Å². The molecular formula is C15H15BrClNO3. The first-order chi connectivity index (χ1) is 9.93. The number of aromatic nitrogens is 1. The van der Waals surface area contributed by atoms with E-state index < -0.39 is 5.97 Å². The van der Waals surface area contributed by atoms with Crippen LogP contribution in [0.1, 0.15) is 42.9 Å². The number of hydrogen-bond acceptors (Lipinski definition) is 4. The van der Waals surface area contributed by atoms with Crippen LogP contribution in [0.15, 0.2) is 27.1 Å². The smallest absolute Gasteiger partial charge is 0.376 e. The molecule has 6 heteroatoms. The number of hydrogen-bond donors (Lipinski definition) is 0. The Kier molecular flexibility index (Phi) is 5.06. The minimum absolute atomic E-state index is 0.0491. The van der Waals surface area contributed by atoms with E-state index in [-0.39, 0.29) is 18.3 Å². The lowest BCUT2D eigenvalue weighted by atomic mass is 10.1. The molecule has 1 heterocycles. The Bertz CT molecular complexity index is 667. The van der Waals surface area contributed by atoms with E-state index in [0.29, 0.717) is 16.6 Å². The number of oxazole rings is 1. The van der Waals surface area contributed by atoms with Crippen molar-refractivity contribution >= 4 is 33.5 Å². The molecule has 2 aromatic rings. The minimum atomic E-state index is -0.495. The van der Waals surface area contributed by atoms with Gasteiger partial charge in [0.2, 0.25) is 11.7 Å². The molecule has 0 saturated heterocycles. The van der Waals surface area contributed by atoms with E-state index in [1.165, 1.54) is 0 Å². The highest BCUT2D eigenvalue weighted by atomic mass is 79.9. The van der Waals surface area contributed by atoms with Gasteiger partial charge in [0, 0.05) is 9.50 Å². The molecule has 2 rings (SSSR count). The van der Waals surface area contributed by atoms with E-state index in [1.807, 2.05) is 13.8 Å². The SMILES string of the molecule is CCOC(=O)c1oc(-c2ccc(Cl)cc2Br)nc1C(C)C. The van der Waals surface area contributed by atoms with Gasteiger partial charge >= 0.3 is 5.97 Å². The molecule has 0 atom stereocenters. The van der Waals surface area contributed by atoms with Gasteiger partial charge in [0.25, 0.3) is 0 Å². The molecular weight excluding hydrogens is 358 g/mol. The molecule has 112 valence electrons. The number of benzene rings is 1. The number of esters is 1. The average molecular weight is 373 g/mol. The van der Waals surface area contributed by atoms with Crippen LogP contribution in [0, 0.1) is 0 Å². The molecule has 0 amide bonds. The molecule has 0 aliphatic heterocycles. The van der Waals surface area contributed by atoms with Gasteiger partial charge in [-0.1, -0.05) is 25.4 Å². The van der Waals surface area contributed by atoms with Crippen molar-refractivity contribution in [1.82, 2.24) is 4.98 Å². The lowest BCUT2D eigenvalue weighted by Crippen LogP contribution is -2.07. The Balaban J connectivity index is 2.51. The second kappa shape index (κ2) is 6.62. The summed E-state index contributed by atoms with van der Waals surface area (Å²) in [4.78, 5) is 16.4. The fourth-order valence-electron chi connectivity index (χ4n) is 1.84. The Labute approximate surface area is 136 Å². The van der Waals surface area contributed by atoms with Gasteiger partial charge in [-0.15, -0.1) is 0 Å². The lowest BCUT2D eigenvalue weighted by molar-refractivity contribution is 0.0488. The summed E-state index contributed by atoms with van der Waals surface area (Å²) in [6.45, 7) is 5.93. The van der Waals surface area contributed by atoms with Crippen molar-refractivity contribution in [2.75, 3.05) is 6.61 Å². The van der Waals surface area contributed by atoms with Crippen LogP contribution in [0.4, 0.5) is 0 Å². The Hall–Kier alpha value is -1.33. The summed E-state index contributed by atoms with van der Waals surface area (Å²) in [5.74, 6) is 0.0759. The summed E-state index contributed by atoms with van der Waals surface area (Å²) < 4.78 is 11.4. The number of halogens is 2. The molecule has 0 aliphatic carbocycles. The normalized spacial score (nSPS) is 11.0. The van der Waals surface area contributed by atoms with Crippen molar-refractivity contribution in [2.45, 2.75) is 26.7 Å². The van der Waals surface area contributed by atoms with Crippen molar-refractivity contribution in [1.29, 1.82) is 0 Å². The van der Waals surface area contributed by atoms with Gasteiger partial charge in [0.05, 0.1) is 17.9 Å². The van der Waals surface area contributed by atoms with Gasteiger partial charge in [-0.25, -0.2) is 9.78 Å². The number of carbonyl (C=O) groups excluding carboxylic acids is 1. The van der Waals surface area contributed by atoms with Gasteiger partial charge in [0.15, 0.2) is 0 Å². The molecule has 0 spiro atoms. The largest absolute Gasteiger partial charge is 0.460 e. The Morgan fingerprint density at radius 1 is 1.48 bits per heavy atom. The number of ether oxygens (including phenoxy) is 1. The van der Waals surface area contributed by atoms with E-state index in [4.69, 9.17) is 20.8 Å². The predicted molar refractivity (Wildman–Crippen MR) is 84.7 cm³/mol. The molecule has 0 bridgehead atoms. The third-order valence-corrected chi connectivity index (χ3v) is 3.71. The van der Waals surface area contributed by atoms with Crippen LogP contribution in [0.3, 0.4) is 0 Å². The van der Waals surface area contributed by atoms with Gasteiger partial charge in [-0.3, -0.25) is 0 Å². The highest BCUT2D eigenvalue weighted by molar-refractivity contribution is 9.10. The molecule has 4 nitrogen and oxygen atoms in total. The summed E-state index contributed by atoms with van der Waals surface area (Å²) in [6, 6.07) is 5.28. The van der Waals surface area contributed by atoms with Crippen LogP contribution in [0.2, 0.25) is 5.02 Å². The molecule has 0 N–H and O–H groups in total. The molecule has 21 heavy (non-hydrogen) atoms. The molecule has 0 radical (unpaired) electrons. The Morgan fingerprint density at radius 3 is 2.76 bits per heavy atom. The summed E-state index contributed by atoms with van der Waals surface area (Å²) in [5.41, 5.74) is 1.32. The highest BCUT2D eigenvalue weighted by Crippen LogP contribution is 2.33. The minimum Gasteiger partial charge on any atom is -0.460 e. The zero-order valence-corrected chi connectivity index (χ0v) is 14.3. The first kappa shape index (κ1) is 16.0. The first-order valence-electron chi connectivity index (χ1n) is 6.57. The maximum absolute atomic E-state index is 12.0. The monoisotopic (exact) mass is 371 g/mol. The fraction of sp³-hybridized carbons (Fsp3) is 0.333. The third-order valence-electron chi connectivity index (χ3n) is 2.82. The van der Waals surface area contributed by atoms with Gasteiger partial charge in [-0.05, 0) is 47.0 Å². The first-order valence-corrected chi connectivity index (χ1v) is 7.74. The summed E-state index contributed by atoms with van der Waals surface area (Å²) >= 11 is 9.35. The zero-order valence-electron chi connectivity index (χ0n) is 11.9. The van der Waals surface area contributed by atoms with Gasteiger partial charge in [0.1, 0.15) is 0 Å². The molecule has 0 saturated carbocycles. The second-order valence-corrected chi connectivity index (χ2v) is 6.02. The van der Waals surface area contributed by atoms with Crippen LogP contribution in [0.5, 0.6) is 0 Å². The van der Waals surface area contributed by atoms with Crippen molar-refractivity contribution in [2.24, 2.45) is 0 Å². The molecule has 0 aliphatic rings. The van der Waals surface area contributed by atoms with Crippen molar-refractivity contribution in [3.63, 3.8) is 0 Å². The number of carbonyl (C=O) groups is 1. The van der Waals surface area contributed by atoms with Crippen molar-refractivity contribution in [3.8, 4) is 11.5 Å². The fourth-order valence-corrected chi connectivity index (χ4v) is 2.70. The van der Waals surface area contributed by atoms with E-state index in [2.05, 4.69) is 20.9 Å². The van der Waals surface area contributed by atoms with E-state index in [0.717, 1.165) is 10.0 Å². The highest BCUT2D eigenvalue weighted by Gasteiger charge is 2.24. The molecule has 1 aromatic carbocycles. The quantitative estimate of drug-likeness (QED) is 0.704. The summed E-state index contributed by atoms with van der Waals surface area (Å²) in [7, 11) is 0. The van der Waals surface area contributed by atoms with Crippen molar-refractivity contribution in [3.05, 3.63) is 39.1 Å².